The van der Waals surface area contributed by atoms with Crippen LogP contribution in [0, 0.1) is 0 Å². The third-order valence-corrected chi connectivity index (χ3v) is 3.29. The number of carbonyl (C=O) groups is 2. The molecule has 0 aliphatic carbocycles. The fourth-order valence-electron chi connectivity index (χ4n) is 1.79. The molecule has 1 rings (SSSR count). The van der Waals surface area contributed by atoms with Gasteiger partial charge in [0.15, 0.2) is 0 Å². The van der Waals surface area contributed by atoms with Gasteiger partial charge in [-0.15, -0.1) is 0 Å². The van der Waals surface area contributed by atoms with E-state index in [0.29, 0.717) is 5.69 Å². The van der Waals surface area contributed by atoms with Gasteiger partial charge in [-0.25, -0.2) is 9.59 Å². The van der Waals surface area contributed by atoms with Crippen molar-refractivity contribution in [3.63, 3.8) is 0 Å². The molecule has 24 heavy (non-hydrogen) atoms. The van der Waals surface area contributed by atoms with Crippen LogP contribution in [0.5, 0.6) is 0 Å². The average Bonchev–Trinajstić information content (AvgIpc) is 2.34. The zero-order valence-corrected chi connectivity index (χ0v) is 16.9. The molecule has 0 spiro atoms. The van der Waals surface area contributed by atoms with Crippen LogP contribution in [-0.4, -0.2) is 23.4 Å². The Morgan fingerprint density at radius 2 is 1.29 bits per heavy atom. The maximum atomic E-state index is 12.5. The van der Waals surface area contributed by atoms with Crippen molar-refractivity contribution in [1.82, 2.24) is 0 Å². The topological polar surface area (TPSA) is 55.8 Å². The molecule has 0 aliphatic rings. The van der Waals surface area contributed by atoms with Crippen LogP contribution in [-0.2, 0) is 9.47 Å². The smallest absolute Gasteiger partial charge is 0.424 e. The molecular weight excluding hydrogens is 374 g/mol. The van der Waals surface area contributed by atoms with E-state index in [-0.39, 0.29) is 4.83 Å². The molecule has 0 aromatic heterocycles. The Morgan fingerprint density at radius 3 is 1.58 bits per heavy atom. The van der Waals surface area contributed by atoms with E-state index in [9.17, 15) is 9.59 Å². The predicted octanol–water partition coefficient (Wildman–Crippen LogP) is 5.82. The van der Waals surface area contributed by atoms with Crippen LogP contribution in [0.15, 0.2) is 24.3 Å². The number of ether oxygens (including phenoxy) is 2. The summed E-state index contributed by atoms with van der Waals surface area (Å²) in [5, 5.41) is 0. The van der Waals surface area contributed by atoms with Crippen LogP contribution in [0.25, 0.3) is 0 Å². The highest BCUT2D eigenvalue weighted by Crippen LogP contribution is 2.26. The minimum Gasteiger partial charge on any atom is -0.443 e. The van der Waals surface area contributed by atoms with Gasteiger partial charge in [0.1, 0.15) is 11.2 Å². The summed E-state index contributed by atoms with van der Waals surface area (Å²) in [4.78, 5) is 26.1. The maximum absolute atomic E-state index is 12.5. The van der Waals surface area contributed by atoms with Crippen molar-refractivity contribution in [2.24, 2.45) is 0 Å². The number of alkyl halides is 1. The number of hydrogen-bond acceptors (Lipinski definition) is 4. The van der Waals surface area contributed by atoms with Crippen LogP contribution >= 0.6 is 15.9 Å². The summed E-state index contributed by atoms with van der Waals surface area (Å²) in [6.45, 7) is 12.5. The first kappa shape index (κ1) is 20.5. The van der Waals surface area contributed by atoms with E-state index >= 15 is 0 Å². The first-order valence-corrected chi connectivity index (χ1v) is 8.72. The Kier molecular flexibility index (Phi) is 6.45. The highest BCUT2D eigenvalue weighted by molar-refractivity contribution is 9.09. The fraction of sp³-hybridized carbons (Fsp3) is 0.556. The minimum absolute atomic E-state index is 0.169. The highest BCUT2D eigenvalue weighted by Gasteiger charge is 2.32. The summed E-state index contributed by atoms with van der Waals surface area (Å²) >= 11 is 3.48. The van der Waals surface area contributed by atoms with Crippen molar-refractivity contribution >= 4 is 33.8 Å². The molecule has 134 valence electrons. The Bertz CT molecular complexity index is 555. The minimum atomic E-state index is -0.767. The van der Waals surface area contributed by atoms with E-state index in [2.05, 4.69) is 15.9 Å². The molecule has 2 amide bonds. The van der Waals surface area contributed by atoms with Gasteiger partial charge in [-0.3, -0.25) is 0 Å². The lowest BCUT2D eigenvalue weighted by atomic mass is 10.1. The molecule has 0 fully saturated rings. The van der Waals surface area contributed by atoms with Gasteiger partial charge in [-0.05, 0) is 66.2 Å². The van der Waals surface area contributed by atoms with Crippen LogP contribution in [0.4, 0.5) is 15.3 Å². The lowest BCUT2D eigenvalue weighted by Gasteiger charge is -2.28. The molecule has 0 bridgehead atoms. The molecule has 0 N–H and O–H groups in total. The zero-order chi connectivity index (χ0) is 18.7. The van der Waals surface area contributed by atoms with Gasteiger partial charge in [0.05, 0.1) is 5.69 Å². The summed E-state index contributed by atoms with van der Waals surface area (Å²) in [5.74, 6) is 0. The van der Waals surface area contributed by atoms with Crippen LogP contribution < -0.4 is 4.90 Å². The van der Waals surface area contributed by atoms with Crippen molar-refractivity contribution < 1.29 is 19.1 Å². The van der Waals surface area contributed by atoms with E-state index in [1.807, 2.05) is 19.1 Å². The highest BCUT2D eigenvalue weighted by atomic mass is 79.9. The van der Waals surface area contributed by atoms with Crippen molar-refractivity contribution in [3.05, 3.63) is 29.8 Å². The second-order valence-corrected chi connectivity index (χ2v) is 8.88. The van der Waals surface area contributed by atoms with Crippen LogP contribution in [0.2, 0.25) is 0 Å². The second-order valence-electron chi connectivity index (χ2n) is 7.50. The van der Waals surface area contributed by atoms with E-state index < -0.39 is 23.4 Å². The molecule has 0 radical (unpaired) electrons. The van der Waals surface area contributed by atoms with E-state index in [4.69, 9.17) is 9.47 Å². The number of rotatable bonds is 2. The molecule has 0 saturated carbocycles. The number of carbonyl (C=O) groups excluding carboxylic acids is 2. The first-order valence-electron chi connectivity index (χ1n) is 7.80. The van der Waals surface area contributed by atoms with Gasteiger partial charge in [0.2, 0.25) is 0 Å². The molecular formula is C18H26BrNO4. The summed E-state index contributed by atoms with van der Waals surface area (Å²) in [6, 6.07) is 7.08. The van der Waals surface area contributed by atoms with Crippen molar-refractivity contribution in [1.29, 1.82) is 0 Å². The lowest BCUT2D eigenvalue weighted by Crippen LogP contribution is -2.43. The molecule has 1 aromatic rings. The number of benzene rings is 1. The van der Waals surface area contributed by atoms with E-state index in [0.717, 1.165) is 10.5 Å². The Hall–Kier alpha value is -1.56. The molecule has 0 aliphatic heterocycles. The Morgan fingerprint density at radius 1 is 0.917 bits per heavy atom. The van der Waals surface area contributed by atoms with Gasteiger partial charge >= 0.3 is 12.2 Å². The van der Waals surface area contributed by atoms with Gasteiger partial charge in [0, 0.05) is 4.83 Å². The van der Waals surface area contributed by atoms with Crippen LogP contribution in [0.1, 0.15) is 58.9 Å². The number of amides is 2. The molecule has 0 saturated heterocycles. The molecule has 6 heteroatoms. The summed E-state index contributed by atoms with van der Waals surface area (Å²) in [5.41, 5.74) is -0.00830. The SMILES string of the molecule is C[C@H](Br)c1ccc(N(C(=O)OC(C)(C)C)C(=O)OC(C)(C)C)cc1. The number of imide groups is 1. The monoisotopic (exact) mass is 399 g/mol. The van der Waals surface area contributed by atoms with Gasteiger partial charge in [-0.1, -0.05) is 28.1 Å². The number of hydrogen-bond donors (Lipinski definition) is 0. The van der Waals surface area contributed by atoms with Gasteiger partial charge in [0.25, 0.3) is 0 Å². The van der Waals surface area contributed by atoms with Crippen LogP contribution in [0.3, 0.4) is 0 Å². The normalized spacial score (nSPS) is 13.2. The molecule has 5 nitrogen and oxygen atoms in total. The lowest BCUT2D eigenvalue weighted by molar-refractivity contribution is 0.0431. The number of nitrogens with zero attached hydrogens (tertiary/aromatic N) is 1. The number of halogens is 1. The maximum Gasteiger partial charge on any atom is 0.424 e. The summed E-state index contributed by atoms with van der Waals surface area (Å²) in [6.07, 6.45) is -1.53. The third kappa shape index (κ3) is 6.51. The first-order chi connectivity index (χ1) is 10.8. The number of anilines is 1. The summed E-state index contributed by atoms with van der Waals surface area (Å²) in [7, 11) is 0. The van der Waals surface area contributed by atoms with Crippen molar-refractivity contribution in [2.45, 2.75) is 64.5 Å². The summed E-state index contributed by atoms with van der Waals surface area (Å²) < 4.78 is 10.7. The van der Waals surface area contributed by atoms with E-state index in [1.165, 1.54) is 0 Å². The zero-order valence-electron chi connectivity index (χ0n) is 15.3. The van der Waals surface area contributed by atoms with Gasteiger partial charge < -0.3 is 9.47 Å². The third-order valence-electron chi connectivity index (χ3n) is 2.76. The molecule has 1 atom stereocenters. The fourth-order valence-corrected chi connectivity index (χ4v) is 2.09. The quantitative estimate of drug-likeness (QED) is 0.587. The molecule has 0 heterocycles. The second kappa shape index (κ2) is 7.55. The molecule has 1 aromatic carbocycles. The van der Waals surface area contributed by atoms with Crippen molar-refractivity contribution in [2.75, 3.05) is 4.90 Å². The standard InChI is InChI=1S/C18H26BrNO4/c1-12(19)13-8-10-14(11-9-13)20(15(21)23-17(2,3)4)16(22)24-18(5,6)7/h8-12H,1-7H3/t12-/m0/s1. The van der Waals surface area contributed by atoms with E-state index in [1.54, 1.807) is 53.7 Å². The van der Waals surface area contributed by atoms with Crippen molar-refractivity contribution in [3.8, 4) is 0 Å². The largest absolute Gasteiger partial charge is 0.443 e. The Labute approximate surface area is 152 Å². The average molecular weight is 400 g/mol. The van der Waals surface area contributed by atoms with Gasteiger partial charge in [-0.2, -0.15) is 4.90 Å². The Balaban J connectivity index is 3.17. The molecule has 0 unspecified atom stereocenters. The predicted molar refractivity (Wildman–Crippen MR) is 98.7 cm³/mol.